The molecule has 0 aromatic rings. The van der Waals surface area contributed by atoms with Crippen LogP contribution < -0.4 is 5.32 Å². The van der Waals surface area contributed by atoms with Crippen LogP contribution >= 0.6 is 0 Å². The molecule has 5 nitrogen and oxygen atoms in total. The molecule has 0 saturated carbocycles. The van der Waals surface area contributed by atoms with Crippen LogP contribution in [0, 0.1) is 5.92 Å². The van der Waals surface area contributed by atoms with E-state index in [-0.39, 0.29) is 5.97 Å². The summed E-state index contributed by atoms with van der Waals surface area (Å²) in [6, 6.07) is 0. The van der Waals surface area contributed by atoms with Gasteiger partial charge in [-0.3, -0.25) is 0 Å². The van der Waals surface area contributed by atoms with Gasteiger partial charge in [-0.15, -0.1) is 0 Å². The Balaban J connectivity index is 2.36. The van der Waals surface area contributed by atoms with Crippen molar-refractivity contribution in [2.24, 2.45) is 5.92 Å². The molecule has 1 aliphatic rings. The Kier molecular flexibility index (Phi) is 7.34. The van der Waals surface area contributed by atoms with Crippen molar-refractivity contribution in [3.8, 4) is 0 Å². The first-order valence-electron chi connectivity index (χ1n) is 7.11. The van der Waals surface area contributed by atoms with Gasteiger partial charge in [0.25, 0.3) is 0 Å². The van der Waals surface area contributed by atoms with Gasteiger partial charge >= 0.3 is 5.97 Å². The first-order chi connectivity index (χ1) is 9.12. The van der Waals surface area contributed by atoms with Gasteiger partial charge in [0.2, 0.25) is 0 Å². The Morgan fingerprint density at radius 3 is 2.68 bits per heavy atom. The molecular weight excluding hydrogens is 246 g/mol. The van der Waals surface area contributed by atoms with E-state index in [1.165, 1.54) is 7.11 Å². The van der Waals surface area contributed by atoms with Crippen molar-refractivity contribution in [3.63, 3.8) is 0 Å². The Morgan fingerprint density at radius 1 is 1.42 bits per heavy atom. The molecule has 1 saturated heterocycles. The molecule has 0 aromatic carbocycles. The van der Waals surface area contributed by atoms with Crippen LogP contribution in [0.5, 0.6) is 0 Å². The molecule has 5 heteroatoms. The van der Waals surface area contributed by atoms with Gasteiger partial charge in [-0.25, -0.2) is 4.79 Å². The van der Waals surface area contributed by atoms with Gasteiger partial charge < -0.3 is 19.5 Å². The summed E-state index contributed by atoms with van der Waals surface area (Å²) >= 11 is 0. The van der Waals surface area contributed by atoms with Crippen LogP contribution in [-0.2, 0) is 19.0 Å². The maximum Gasteiger partial charge on any atom is 0.328 e. The molecule has 0 aliphatic carbocycles. The summed E-state index contributed by atoms with van der Waals surface area (Å²) in [4.78, 5) is 11.8. The highest BCUT2D eigenvalue weighted by atomic mass is 16.5. The van der Waals surface area contributed by atoms with Gasteiger partial charge in [0.15, 0.2) is 0 Å². The molecule has 112 valence electrons. The van der Waals surface area contributed by atoms with E-state index in [1.54, 1.807) is 0 Å². The van der Waals surface area contributed by atoms with Gasteiger partial charge in [0, 0.05) is 19.8 Å². The smallest absolute Gasteiger partial charge is 0.328 e. The summed E-state index contributed by atoms with van der Waals surface area (Å²) in [6.45, 7) is 7.33. The lowest BCUT2D eigenvalue weighted by atomic mass is 10.0. The summed E-state index contributed by atoms with van der Waals surface area (Å²) in [7, 11) is 1.41. The molecule has 0 spiro atoms. The number of ether oxygens (including phenoxy) is 3. The third kappa shape index (κ3) is 5.47. The first kappa shape index (κ1) is 16.4. The largest absolute Gasteiger partial charge is 0.468 e. The Labute approximate surface area is 116 Å². The fourth-order valence-electron chi connectivity index (χ4n) is 2.15. The molecule has 0 bridgehead atoms. The minimum absolute atomic E-state index is 0.270. The number of hydrogen-bond acceptors (Lipinski definition) is 5. The van der Waals surface area contributed by atoms with Gasteiger partial charge in [-0.05, 0) is 38.6 Å². The van der Waals surface area contributed by atoms with Crippen molar-refractivity contribution < 1.29 is 19.0 Å². The lowest BCUT2D eigenvalue weighted by Crippen LogP contribution is -2.54. The van der Waals surface area contributed by atoms with Crippen LogP contribution in [0.4, 0.5) is 0 Å². The quantitative estimate of drug-likeness (QED) is 0.677. The first-order valence-corrected chi connectivity index (χ1v) is 7.11. The molecule has 19 heavy (non-hydrogen) atoms. The summed E-state index contributed by atoms with van der Waals surface area (Å²) in [5, 5.41) is 3.21. The third-order valence-corrected chi connectivity index (χ3v) is 3.49. The van der Waals surface area contributed by atoms with Crippen LogP contribution in [-0.4, -0.2) is 51.6 Å². The van der Waals surface area contributed by atoms with Crippen molar-refractivity contribution in [1.29, 1.82) is 0 Å². The average molecular weight is 273 g/mol. The SMILES string of the molecule is CCCNC(C)(COCC1CCOCC1)C(=O)OC. The monoisotopic (exact) mass is 273 g/mol. The Morgan fingerprint density at radius 2 is 2.11 bits per heavy atom. The van der Waals surface area contributed by atoms with Crippen LogP contribution in [0.2, 0.25) is 0 Å². The minimum atomic E-state index is -0.754. The van der Waals surface area contributed by atoms with E-state index >= 15 is 0 Å². The van der Waals surface area contributed by atoms with Crippen LogP contribution in [0.3, 0.4) is 0 Å². The normalized spacial score (nSPS) is 19.9. The number of hydrogen-bond donors (Lipinski definition) is 1. The Bertz CT molecular complexity index is 266. The van der Waals surface area contributed by atoms with E-state index in [0.29, 0.717) is 19.1 Å². The fourth-order valence-corrected chi connectivity index (χ4v) is 2.15. The number of rotatable bonds is 8. The molecule has 1 fully saturated rings. The van der Waals surface area contributed by atoms with Crippen molar-refractivity contribution in [2.75, 3.05) is 40.1 Å². The van der Waals surface area contributed by atoms with Crippen LogP contribution in [0.1, 0.15) is 33.1 Å². The summed E-state index contributed by atoms with van der Waals surface area (Å²) in [6.07, 6.45) is 3.04. The zero-order valence-corrected chi connectivity index (χ0v) is 12.4. The molecule has 0 aromatic heterocycles. The number of carbonyl (C=O) groups excluding carboxylic acids is 1. The van der Waals surface area contributed by atoms with Crippen molar-refractivity contribution in [2.45, 2.75) is 38.6 Å². The summed E-state index contributed by atoms with van der Waals surface area (Å²) in [5.41, 5.74) is -0.754. The lowest BCUT2D eigenvalue weighted by Gasteiger charge is -2.29. The van der Waals surface area contributed by atoms with Crippen molar-refractivity contribution in [3.05, 3.63) is 0 Å². The maximum atomic E-state index is 11.8. The second-order valence-electron chi connectivity index (χ2n) is 5.32. The second-order valence-corrected chi connectivity index (χ2v) is 5.32. The fraction of sp³-hybridized carbons (Fsp3) is 0.929. The highest BCUT2D eigenvalue weighted by Crippen LogP contribution is 2.16. The molecule has 1 aliphatic heterocycles. The summed E-state index contributed by atoms with van der Waals surface area (Å²) in [5.74, 6) is 0.273. The van der Waals surface area contributed by atoms with Crippen molar-refractivity contribution in [1.82, 2.24) is 5.32 Å². The zero-order valence-electron chi connectivity index (χ0n) is 12.4. The predicted molar refractivity (Wildman–Crippen MR) is 73.1 cm³/mol. The lowest BCUT2D eigenvalue weighted by molar-refractivity contribution is -0.151. The number of esters is 1. The highest BCUT2D eigenvalue weighted by Gasteiger charge is 2.34. The van der Waals surface area contributed by atoms with Gasteiger partial charge in [-0.1, -0.05) is 6.92 Å². The van der Waals surface area contributed by atoms with E-state index in [9.17, 15) is 4.79 Å². The molecule has 0 radical (unpaired) electrons. The van der Waals surface area contributed by atoms with Crippen molar-refractivity contribution >= 4 is 5.97 Å². The molecule has 1 N–H and O–H groups in total. The average Bonchev–Trinajstić information content (AvgIpc) is 2.45. The van der Waals surface area contributed by atoms with Gasteiger partial charge in [0.1, 0.15) is 5.54 Å². The predicted octanol–water partition coefficient (Wildman–Crippen LogP) is 1.36. The molecule has 1 rings (SSSR count). The molecule has 0 amide bonds. The standard InChI is InChI=1S/C14H27NO4/c1-4-7-15-14(2,13(16)17-3)11-19-10-12-5-8-18-9-6-12/h12,15H,4-11H2,1-3H3. The van der Waals surface area contributed by atoms with E-state index in [2.05, 4.69) is 12.2 Å². The van der Waals surface area contributed by atoms with Crippen LogP contribution in [0.25, 0.3) is 0 Å². The number of methoxy groups -OCH3 is 1. The molecule has 1 unspecified atom stereocenters. The topological polar surface area (TPSA) is 56.8 Å². The van der Waals surface area contributed by atoms with E-state index in [1.807, 2.05) is 6.92 Å². The van der Waals surface area contributed by atoms with E-state index in [4.69, 9.17) is 14.2 Å². The third-order valence-electron chi connectivity index (χ3n) is 3.49. The molecular formula is C14H27NO4. The number of nitrogens with one attached hydrogen (secondary N) is 1. The number of carbonyl (C=O) groups is 1. The maximum absolute atomic E-state index is 11.8. The van der Waals surface area contributed by atoms with E-state index < -0.39 is 5.54 Å². The highest BCUT2D eigenvalue weighted by molar-refractivity contribution is 5.80. The molecule has 1 atom stereocenters. The van der Waals surface area contributed by atoms with Gasteiger partial charge in [0.05, 0.1) is 13.7 Å². The Hall–Kier alpha value is -0.650. The van der Waals surface area contributed by atoms with Crippen LogP contribution in [0.15, 0.2) is 0 Å². The second kappa shape index (κ2) is 8.51. The minimum Gasteiger partial charge on any atom is -0.468 e. The summed E-state index contributed by atoms with van der Waals surface area (Å²) < 4.78 is 15.9. The zero-order chi connectivity index (χ0) is 14.1. The van der Waals surface area contributed by atoms with Gasteiger partial charge in [-0.2, -0.15) is 0 Å². The molecule has 1 heterocycles. The van der Waals surface area contributed by atoms with E-state index in [0.717, 1.165) is 39.0 Å².